The summed E-state index contributed by atoms with van der Waals surface area (Å²) in [5.41, 5.74) is 1.08. The summed E-state index contributed by atoms with van der Waals surface area (Å²) in [7, 11) is 1.70. The summed E-state index contributed by atoms with van der Waals surface area (Å²) >= 11 is 1.44. The Morgan fingerprint density at radius 2 is 2.23 bits per heavy atom. The van der Waals surface area contributed by atoms with E-state index in [1.165, 1.54) is 11.5 Å². The Kier molecular flexibility index (Phi) is 4.94. The zero-order valence-corrected chi connectivity index (χ0v) is 15.8. The number of fused-ring (bicyclic) bond motifs is 1. The monoisotopic (exact) mass is 370 g/mol. The first-order valence-electron chi connectivity index (χ1n) is 8.81. The number of methoxy groups -OCH3 is 1. The third-order valence-corrected chi connectivity index (χ3v) is 5.37. The van der Waals surface area contributed by atoms with Crippen LogP contribution in [0.5, 0.6) is 0 Å². The molecular weight excluding hydrogens is 348 g/mol. The van der Waals surface area contributed by atoms with Crippen LogP contribution in [0, 0.1) is 6.92 Å². The highest BCUT2D eigenvalue weighted by Gasteiger charge is 2.28. The summed E-state index contributed by atoms with van der Waals surface area (Å²) in [6, 6.07) is 6.47. The number of ether oxygens (including phenoxy) is 1. The minimum absolute atomic E-state index is 0.251. The van der Waals surface area contributed by atoms with Gasteiger partial charge in [0.25, 0.3) is 0 Å². The van der Waals surface area contributed by atoms with Gasteiger partial charge in [0.1, 0.15) is 22.3 Å². The second-order valence-corrected chi connectivity index (χ2v) is 7.10. The van der Waals surface area contributed by atoms with Gasteiger partial charge in [-0.25, -0.2) is 15.0 Å². The molecule has 1 N–H and O–H groups in total. The molecular formula is C18H22N6OS. The van der Waals surface area contributed by atoms with Crippen LogP contribution in [-0.2, 0) is 4.74 Å². The molecule has 1 saturated heterocycles. The molecule has 4 rings (SSSR count). The van der Waals surface area contributed by atoms with Gasteiger partial charge in [-0.05, 0) is 49.5 Å². The average Bonchev–Trinajstić information content (AvgIpc) is 3.29. The number of hydrogen-bond donors (Lipinski definition) is 1. The lowest BCUT2D eigenvalue weighted by molar-refractivity contribution is 0.210. The predicted molar refractivity (Wildman–Crippen MR) is 104 cm³/mol. The summed E-state index contributed by atoms with van der Waals surface area (Å²) in [4.78, 5) is 17.0. The van der Waals surface area contributed by atoms with Gasteiger partial charge >= 0.3 is 0 Å². The third-order valence-electron chi connectivity index (χ3n) is 4.61. The van der Waals surface area contributed by atoms with Crippen LogP contribution in [0.1, 0.15) is 30.4 Å². The smallest absolute Gasteiger partial charge is 0.149 e. The Morgan fingerprint density at radius 3 is 3.08 bits per heavy atom. The molecule has 8 heteroatoms. The van der Waals surface area contributed by atoms with Crippen molar-refractivity contribution in [1.29, 1.82) is 0 Å². The highest BCUT2D eigenvalue weighted by Crippen LogP contribution is 2.36. The van der Waals surface area contributed by atoms with Crippen molar-refractivity contribution in [3.05, 3.63) is 35.9 Å². The molecule has 1 fully saturated rings. The fourth-order valence-corrected chi connectivity index (χ4v) is 4.13. The van der Waals surface area contributed by atoms with Gasteiger partial charge in [0, 0.05) is 26.4 Å². The van der Waals surface area contributed by atoms with Crippen LogP contribution >= 0.6 is 11.5 Å². The minimum atomic E-state index is 0.251. The summed E-state index contributed by atoms with van der Waals surface area (Å²) in [5.74, 6) is 2.66. The van der Waals surface area contributed by atoms with Crippen molar-refractivity contribution >= 4 is 33.4 Å². The van der Waals surface area contributed by atoms with E-state index in [0.717, 1.165) is 59.3 Å². The van der Waals surface area contributed by atoms with Gasteiger partial charge in [-0.1, -0.05) is 0 Å². The Morgan fingerprint density at radius 1 is 1.31 bits per heavy atom. The van der Waals surface area contributed by atoms with E-state index in [1.807, 2.05) is 19.2 Å². The first-order chi connectivity index (χ1) is 12.8. The molecule has 0 saturated carbocycles. The molecule has 0 spiro atoms. The second kappa shape index (κ2) is 7.51. The standard InChI is InChI=1S/C18H22N6OS/c1-12-19-8-7-16(21-12)24-10-3-4-15(24)14-6-5-13-17(20-9-11-25-2)23-26-18(13)22-14/h5-8,15H,3-4,9-11H2,1-2H3,(H,20,23)/t15-/m0/s1. The van der Waals surface area contributed by atoms with E-state index in [1.54, 1.807) is 7.11 Å². The zero-order chi connectivity index (χ0) is 17.9. The van der Waals surface area contributed by atoms with Crippen molar-refractivity contribution in [3.63, 3.8) is 0 Å². The highest BCUT2D eigenvalue weighted by atomic mass is 32.1. The topological polar surface area (TPSA) is 76.1 Å². The molecule has 26 heavy (non-hydrogen) atoms. The van der Waals surface area contributed by atoms with Gasteiger partial charge in [-0.2, -0.15) is 4.37 Å². The van der Waals surface area contributed by atoms with Crippen LogP contribution in [0.25, 0.3) is 10.2 Å². The molecule has 0 amide bonds. The van der Waals surface area contributed by atoms with Crippen molar-refractivity contribution in [1.82, 2.24) is 19.3 Å². The summed E-state index contributed by atoms with van der Waals surface area (Å²) in [6.45, 7) is 4.31. The van der Waals surface area contributed by atoms with Gasteiger partial charge in [0.05, 0.1) is 23.7 Å². The number of nitrogens with zero attached hydrogens (tertiary/aromatic N) is 5. The lowest BCUT2D eigenvalue weighted by atomic mass is 10.1. The van der Waals surface area contributed by atoms with E-state index in [-0.39, 0.29) is 6.04 Å². The van der Waals surface area contributed by atoms with Gasteiger partial charge in [-0.3, -0.25) is 0 Å². The van der Waals surface area contributed by atoms with Crippen molar-refractivity contribution < 1.29 is 4.74 Å². The third kappa shape index (κ3) is 3.34. The van der Waals surface area contributed by atoms with Crippen LogP contribution in [0.4, 0.5) is 11.6 Å². The predicted octanol–water partition coefficient (Wildman–Crippen LogP) is 3.19. The number of aromatic nitrogens is 4. The Labute approximate surface area is 156 Å². The summed E-state index contributed by atoms with van der Waals surface area (Å²) < 4.78 is 9.58. The Bertz CT molecular complexity index is 898. The van der Waals surface area contributed by atoms with Gasteiger partial charge in [-0.15, -0.1) is 0 Å². The fraction of sp³-hybridized carbons (Fsp3) is 0.444. The molecule has 3 aromatic heterocycles. The van der Waals surface area contributed by atoms with E-state index in [9.17, 15) is 0 Å². The van der Waals surface area contributed by atoms with Crippen molar-refractivity contribution in [3.8, 4) is 0 Å². The van der Waals surface area contributed by atoms with Crippen molar-refractivity contribution in [2.24, 2.45) is 0 Å². The van der Waals surface area contributed by atoms with Gasteiger partial charge < -0.3 is 15.0 Å². The van der Waals surface area contributed by atoms with E-state index in [4.69, 9.17) is 9.72 Å². The maximum atomic E-state index is 5.08. The summed E-state index contributed by atoms with van der Waals surface area (Å²) in [6.07, 6.45) is 4.05. The van der Waals surface area contributed by atoms with Crippen LogP contribution in [0.3, 0.4) is 0 Å². The molecule has 3 aromatic rings. The Balaban J connectivity index is 1.59. The molecule has 0 radical (unpaired) electrons. The van der Waals surface area contributed by atoms with Crippen LogP contribution in [-0.4, -0.2) is 46.1 Å². The second-order valence-electron chi connectivity index (χ2n) is 6.35. The number of aryl methyl sites for hydroxylation is 1. The molecule has 136 valence electrons. The lowest BCUT2D eigenvalue weighted by Gasteiger charge is -2.25. The zero-order valence-electron chi connectivity index (χ0n) is 15.0. The first-order valence-corrected chi connectivity index (χ1v) is 9.59. The van der Waals surface area contributed by atoms with E-state index in [0.29, 0.717) is 6.61 Å². The van der Waals surface area contributed by atoms with Gasteiger partial charge in [0.2, 0.25) is 0 Å². The number of pyridine rings is 1. The largest absolute Gasteiger partial charge is 0.383 e. The highest BCUT2D eigenvalue weighted by molar-refractivity contribution is 7.13. The fourth-order valence-electron chi connectivity index (χ4n) is 3.38. The number of rotatable bonds is 6. The Hall–Kier alpha value is -2.32. The number of hydrogen-bond acceptors (Lipinski definition) is 8. The van der Waals surface area contributed by atoms with Gasteiger partial charge in [0.15, 0.2) is 0 Å². The molecule has 0 bridgehead atoms. The van der Waals surface area contributed by atoms with E-state index in [2.05, 4.69) is 36.7 Å². The molecule has 1 aliphatic rings. The van der Waals surface area contributed by atoms with Crippen LogP contribution in [0.15, 0.2) is 24.4 Å². The van der Waals surface area contributed by atoms with E-state index < -0.39 is 0 Å². The van der Waals surface area contributed by atoms with E-state index >= 15 is 0 Å². The molecule has 1 atom stereocenters. The quantitative estimate of drug-likeness (QED) is 0.668. The molecule has 0 aromatic carbocycles. The maximum Gasteiger partial charge on any atom is 0.149 e. The van der Waals surface area contributed by atoms with Crippen molar-refractivity contribution in [2.75, 3.05) is 37.0 Å². The molecule has 0 unspecified atom stereocenters. The summed E-state index contributed by atoms with van der Waals surface area (Å²) in [5, 5.41) is 4.37. The number of nitrogens with one attached hydrogen (secondary N) is 1. The average molecular weight is 370 g/mol. The SMILES string of the molecule is COCCNc1nsc2nc([C@@H]3CCCN3c3ccnc(C)n3)ccc12. The maximum absolute atomic E-state index is 5.08. The first kappa shape index (κ1) is 17.1. The molecule has 4 heterocycles. The number of anilines is 2. The van der Waals surface area contributed by atoms with Crippen LogP contribution in [0.2, 0.25) is 0 Å². The molecule has 1 aliphatic heterocycles. The van der Waals surface area contributed by atoms with Crippen LogP contribution < -0.4 is 10.2 Å². The minimum Gasteiger partial charge on any atom is -0.383 e. The van der Waals surface area contributed by atoms with Crippen molar-refractivity contribution in [2.45, 2.75) is 25.8 Å². The lowest BCUT2D eigenvalue weighted by Crippen LogP contribution is -2.24. The normalized spacial score (nSPS) is 17.2. The molecule has 0 aliphatic carbocycles. The molecule has 7 nitrogen and oxygen atoms in total.